The number of nitrogens with zero attached hydrogens (tertiary/aromatic N) is 6. The van der Waals surface area contributed by atoms with E-state index in [1.54, 1.807) is 26.5 Å². The Morgan fingerprint density at radius 1 is 1.28 bits per heavy atom. The average molecular weight is 335 g/mol. The predicted octanol–water partition coefficient (Wildman–Crippen LogP) is 1.02. The van der Waals surface area contributed by atoms with E-state index in [-0.39, 0.29) is 11.9 Å². The lowest BCUT2D eigenvalue weighted by Gasteiger charge is -2.11. The Hall–Kier alpha value is -3.34. The van der Waals surface area contributed by atoms with Gasteiger partial charge in [-0.2, -0.15) is 15.5 Å². The highest BCUT2D eigenvalue weighted by molar-refractivity contribution is 6.00. The minimum atomic E-state index is -0.158. The van der Waals surface area contributed by atoms with Crippen molar-refractivity contribution in [3.63, 3.8) is 0 Å². The van der Waals surface area contributed by atoms with Crippen LogP contribution >= 0.6 is 0 Å². The second-order valence-electron chi connectivity index (χ2n) is 6.21. The van der Waals surface area contributed by atoms with Crippen LogP contribution < -0.4 is 5.32 Å². The molecule has 1 saturated heterocycles. The largest absolute Gasteiger partial charge is 0.347 e. The van der Waals surface area contributed by atoms with Crippen LogP contribution in [0.3, 0.4) is 0 Å². The number of nitriles is 1. The summed E-state index contributed by atoms with van der Waals surface area (Å²) in [5, 5.41) is 20.4. The van der Waals surface area contributed by atoms with Crippen molar-refractivity contribution < 1.29 is 4.79 Å². The van der Waals surface area contributed by atoms with E-state index in [2.05, 4.69) is 21.7 Å². The Bertz CT molecular complexity index is 980. The minimum absolute atomic E-state index is 0.00299. The first-order chi connectivity index (χ1) is 12.1. The Labute approximate surface area is 144 Å². The van der Waals surface area contributed by atoms with Crippen LogP contribution in [0.4, 0.5) is 0 Å². The molecule has 1 N–H and O–H groups in total. The van der Waals surface area contributed by atoms with Crippen molar-refractivity contribution in [2.75, 3.05) is 13.1 Å². The molecule has 0 bridgehead atoms. The summed E-state index contributed by atoms with van der Waals surface area (Å²) < 4.78 is 3.45. The maximum Gasteiger partial charge on any atom is 0.255 e. The Morgan fingerprint density at radius 3 is 2.88 bits per heavy atom. The van der Waals surface area contributed by atoms with Gasteiger partial charge in [0.15, 0.2) is 6.19 Å². The van der Waals surface area contributed by atoms with Gasteiger partial charge in [-0.15, -0.1) is 0 Å². The number of likely N-dealkylation sites (tertiary alicyclic amines) is 1. The average Bonchev–Trinajstić information content (AvgIpc) is 3.33. The number of fused-ring (bicyclic) bond motifs is 1. The van der Waals surface area contributed by atoms with Gasteiger partial charge in [-0.05, 0) is 12.5 Å². The number of nitrogens with one attached hydrogen (secondary N) is 1. The van der Waals surface area contributed by atoms with Gasteiger partial charge >= 0.3 is 0 Å². The van der Waals surface area contributed by atoms with Gasteiger partial charge in [0.05, 0.1) is 23.5 Å². The predicted molar refractivity (Wildman–Crippen MR) is 90.5 cm³/mol. The van der Waals surface area contributed by atoms with Crippen molar-refractivity contribution >= 4 is 11.4 Å². The van der Waals surface area contributed by atoms with Crippen LogP contribution in [0, 0.1) is 11.5 Å². The fourth-order valence-corrected chi connectivity index (χ4v) is 3.13. The topological polar surface area (TPSA) is 91.2 Å². The number of rotatable bonds is 3. The van der Waals surface area contributed by atoms with Crippen LogP contribution in [0.2, 0.25) is 0 Å². The fourth-order valence-electron chi connectivity index (χ4n) is 3.13. The molecule has 0 saturated carbocycles. The first-order valence-electron chi connectivity index (χ1n) is 8.06. The molecule has 4 rings (SSSR count). The summed E-state index contributed by atoms with van der Waals surface area (Å²) in [6.45, 7) is 1.25. The summed E-state index contributed by atoms with van der Waals surface area (Å²) in [6, 6.07) is 3.84. The SMILES string of the molecule is Cn1cc(-c2ccc3c(C(=O)NC4CCN(C#N)C4)cnn3c2)cn1. The van der Waals surface area contributed by atoms with Crippen LogP contribution in [0.25, 0.3) is 16.6 Å². The lowest BCUT2D eigenvalue weighted by atomic mass is 10.1. The summed E-state index contributed by atoms with van der Waals surface area (Å²) in [5.74, 6) is -0.158. The van der Waals surface area contributed by atoms with Gasteiger partial charge in [0.25, 0.3) is 5.91 Å². The first-order valence-corrected chi connectivity index (χ1v) is 8.06. The van der Waals surface area contributed by atoms with E-state index in [9.17, 15) is 4.79 Å². The van der Waals surface area contributed by atoms with Gasteiger partial charge in [0.2, 0.25) is 0 Å². The summed E-state index contributed by atoms with van der Waals surface area (Å²) in [7, 11) is 1.87. The molecule has 1 aliphatic heterocycles. The standard InChI is InChI=1S/C17H17N7O/c1-22-8-13(6-19-22)12-2-3-16-15(7-20-24(16)9-12)17(25)21-14-4-5-23(10-14)11-18/h2-3,6-9,14H,4-5,10H2,1H3,(H,21,25). The summed E-state index contributed by atoms with van der Waals surface area (Å²) in [5.41, 5.74) is 3.26. The lowest BCUT2D eigenvalue weighted by molar-refractivity contribution is 0.0940. The number of aryl methyl sites for hydroxylation is 1. The zero-order valence-electron chi connectivity index (χ0n) is 13.8. The zero-order valence-corrected chi connectivity index (χ0v) is 13.8. The smallest absolute Gasteiger partial charge is 0.255 e. The molecule has 25 heavy (non-hydrogen) atoms. The molecular formula is C17H17N7O. The molecule has 4 heterocycles. The summed E-state index contributed by atoms with van der Waals surface area (Å²) >= 11 is 0. The van der Waals surface area contributed by atoms with Crippen molar-refractivity contribution in [3.05, 3.63) is 42.5 Å². The Kier molecular flexibility index (Phi) is 3.61. The van der Waals surface area contributed by atoms with Crippen molar-refractivity contribution in [1.82, 2.24) is 29.6 Å². The molecule has 1 aliphatic rings. The van der Waals surface area contributed by atoms with Crippen molar-refractivity contribution in [2.24, 2.45) is 7.05 Å². The van der Waals surface area contributed by atoms with Gasteiger partial charge in [-0.1, -0.05) is 6.07 Å². The van der Waals surface area contributed by atoms with Crippen molar-refractivity contribution in [1.29, 1.82) is 5.26 Å². The number of hydrogen-bond donors (Lipinski definition) is 1. The van der Waals surface area contributed by atoms with E-state index in [0.717, 1.165) is 23.1 Å². The molecule has 3 aromatic heterocycles. The second kappa shape index (κ2) is 5.94. The molecule has 1 unspecified atom stereocenters. The maximum absolute atomic E-state index is 12.5. The number of carbonyl (C=O) groups is 1. The van der Waals surface area contributed by atoms with Crippen molar-refractivity contribution in [2.45, 2.75) is 12.5 Å². The fraction of sp³-hybridized carbons (Fsp3) is 0.294. The van der Waals surface area contributed by atoms with Gasteiger partial charge in [0, 0.05) is 49.7 Å². The van der Waals surface area contributed by atoms with E-state index in [4.69, 9.17) is 5.26 Å². The molecule has 0 aliphatic carbocycles. The quantitative estimate of drug-likeness (QED) is 0.722. The van der Waals surface area contributed by atoms with Crippen LogP contribution in [0.15, 0.2) is 36.9 Å². The molecule has 8 heteroatoms. The molecule has 126 valence electrons. The molecule has 0 spiro atoms. The number of carbonyl (C=O) groups excluding carboxylic acids is 1. The van der Waals surface area contributed by atoms with E-state index in [1.807, 2.05) is 31.6 Å². The highest BCUT2D eigenvalue weighted by atomic mass is 16.1. The van der Waals surface area contributed by atoms with Crippen LogP contribution in [0.1, 0.15) is 16.8 Å². The number of pyridine rings is 1. The van der Waals surface area contributed by atoms with Gasteiger partial charge in [-0.3, -0.25) is 9.48 Å². The zero-order chi connectivity index (χ0) is 17.4. The minimum Gasteiger partial charge on any atom is -0.347 e. The molecule has 0 radical (unpaired) electrons. The van der Waals surface area contributed by atoms with Gasteiger partial charge in [-0.25, -0.2) is 4.52 Å². The monoisotopic (exact) mass is 335 g/mol. The number of hydrogen-bond acceptors (Lipinski definition) is 5. The molecule has 8 nitrogen and oxygen atoms in total. The normalized spacial score (nSPS) is 17.0. The second-order valence-corrected chi connectivity index (χ2v) is 6.21. The van der Waals surface area contributed by atoms with Crippen LogP contribution in [-0.2, 0) is 7.05 Å². The third-order valence-electron chi connectivity index (χ3n) is 4.46. The van der Waals surface area contributed by atoms with Crippen molar-refractivity contribution in [3.8, 4) is 17.3 Å². The molecule has 1 fully saturated rings. The van der Waals surface area contributed by atoms with E-state index in [1.165, 1.54) is 0 Å². The molecular weight excluding hydrogens is 318 g/mol. The summed E-state index contributed by atoms with van der Waals surface area (Å²) in [6.07, 6.45) is 10.1. The maximum atomic E-state index is 12.5. The third-order valence-corrected chi connectivity index (χ3v) is 4.46. The molecule has 1 amide bonds. The van der Waals surface area contributed by atoms with Gasteiger partial charge < -0.3 is 10.2 Å². The molecule has 3 aromatic rings. The Balaban J connectivity index is 1.57. The third kappa shape index (κ3) is 2.80. The van der Waals surface area contributed by atoms with Crippen LogP contribution in [-0.4, -0.2) is 49.3 Å². The first kappa shape index (κ1) is 15.2. The lowest BCUT2D eigenvalue weighted by Crippen LogP contribution is -2.36. The Morgan fingerprint density at radius 2 is 2.16 bits per heavy atom. The van der Waals surface area contributed by atoms with Crippen LogP contribution in [0.5, 0.6) is 0 Å². The van der Waals surface area contributed by atoms with E-state index < -0.39 is 0 Å². The highest BCUT2D eigenvalue weighted by Gasteiger charge is 2.24. The summed E-state index contributed by atoms with van der Waals surface area (Å²) in [4.78, 5) is 14.2. The highest BCUT2D eigenvalue weighted by Crippen LogP contribution is 2.21. The molecule has 0 aromatic carbocycles. The van der Waals surface area contributed by atoms with E-state index in [0.29, 0.717) is 18.7 Å². The van der Waals surface area contributed by atoms with E-state index >= 15 is 0 Å². The number of amides is 1. The number of aromatic nitrogens is 4. The molecule has 1 atom stereocenters. The van der Waals surface area contributed by atoms with Gasteiger partial charge in [0.1, 0.15) is 0 Å².